The summed E-state index contributed by atoms with van der Waals surface area (Å²) in [5, 5.41) is 3.53. The number of carbonyl (C=O) groups is 2. The molecule has 0 spiro atoms. The van der Waals surface area contributed by atoms with Gasteiger partial charge in [0.15, 0.2) is 6.61 Å². The van der Waals surface area contributed by atoms with E-state index in [1.54, 1.807) is 18.9 Å². The van der Waals surface area contributed by atoms with E-state index in [4.69, 9.17) is 9.26 Å². The average molecular weight is 328 g/mol. The first-order valence-corrected chi connectivity index (χ1v) is 8.00. The Hall–Kier alpha value is -2.63. The summed E-state index contributed by atoms with van der Waals surface area (Å²) in [6, 6.07) is 8.19. The molecule has 1 aromatic heterocycles. The second kappa shape index (κ2) is 6.86. The molecular formula is C18H20N2O4. The molecule has 0 aliphatic heterocycles. The van der Waals surface area contributed by atoms with Crippen molar-refractivity contribution in [2.24, 2.45) is 0 Å². The van der Waals surface area contributed by atoms with E-state index in [-0.39, 0.29) is 24.3 Å². The lowest BCUT2D eigenvalue weighted by molar-refractivity contribution is -0.135. The smallest absolute Gasteiger partial charge is 0.377 e. The minimum atomic E-state index is -0.671. The summed E-state index contributed by atoms with van der Waals surface area (Å²) >= 11 is 0. The van der Waals surface area contributed by atoms with Crippen molar-refractivity contribution in [1.82, 2.24) is 10.1 Å². The molecule has 6 heteroatoms. The highest BCUT2D eigenvalue weighted by atomic mass is 16.6. The van der Waals surface area contributed by atoms with Gasteiger partial charge in [-0.3, -0.25) is 4.79 Å². The first-order chi connectivity index (χ1) is 11.6. The maximum Gasteiger partial charge on any atom is 0.377 e. The largest absolute Gasteiger partial charge is 0.450 e. The number of aryl methyl sites for hydroxylation is 2. The van der Waals surface area contributed by atoms with E-state index in [0.29, 0.717) is 5.56 Å². The molecule has 3 rings (SSSR count). The molecule has 6 nitrogen and oxygen atoms in total. The van der Waals surface area contributed by atoms with Gasteiger partial charge in [0.05, 0.1) is 12.2 Å². The second-order valence-electron chi connectivity index (χ2n) is 6.03. The summed E-state index contributed by atoms with van der Waals surface area (Å²) in [7, 11) is 1.75. The van der Waals surface area contributed by atoms with Crippen LogP contribution in [0.25, 0.3) is 0 Å². The Morgan fingerprint density at radius 3 is 2.92 bits per heavy atom. The summed E-state index contributed by atoms with van der Waals surface area (Å²) in [4.78, 5) is 26.0. The van der Waals surface area contributed by atoms with Crippen LogP contribution in [0.5, 0.6) is 0 Å². The Labute approximate surface area is 140 Å². The van der Waals surface area contributed by atoms with E-state index in [0.717, 1.165) is 19.3 Å². The van der Waals surface area contributed by atoms with Crippen LogP contribution in [0, 0.1) is 6.92 Å². The maximum absolute atomic E-state index is 12.4. The van der Waals surface area contributed by atoms with Crippen LogP contribution >= 0.6 is 0 Å². The summed E-state index contributed by atoms with van der Waals surface area (Å²) in [5.41, 5.74) is 3.04. The van der Waals surface area contributed by atoms with Gasteiger partial charge in [-0.1, -0.05) is 29.4 Å². The number of carbonyl (C=O) groups excluding carboxylic acids is 2. The molecule has 126 valence electrons. The normalized spacial score (nSPS) is 16.3. The first kappa shape index (κ1) is 16.2. The van der Waals surface area contributed by atoms with Gasteiger partial charge in [-0.2, -0.15) is 0 Å². The third-order valence-corrected chi connectivity index (χ3v) is 4.46. The maximum atomic E-state index is 12.4. The number of fused-ring (bicyclic) bond motifs is 1. The highest BCUT2D eigenvalue weighted by molar-refractivity contribution is 5.89. The zero-order valence-electron chi connectivity index (χ0n) is 13.8. The molecule has 0 fully saturated rings. The third kappa shape index (κ3) is 3.18. The number of amides is 1. The third-order valence-electron chi connectivity index (χ3n) is 4.46. The summed E-state index contributed by atoms with van der Waals surface area (Å²) in [5.74, 6) is -0.869. The minimum Gasteiger partial charge on any atom is -0.450 e. The van der Waals surface area contributed by atoms with Crippen LogP contribution in [-0.4, -0.2) is 35.6 Å². The van der Waals surface area contributed by atoms with Crippen molar-refractivity contribution >= 4 is 11.9 Å². The van der Waals surface area contributed by atoms with Gasteiger partial charge in [0.25, 0.3) is 5.91 Å². The van der Waals surface area contributed by atoms with Gasteiger partial charge in [-0.15, -0.1) is 0 Å². The van der Waals surface area contributed by atoms with Gasteiger partial charge < -0.3 is 14.2 Å². The lowest BCUT2D eigenvalue weighted by atomic mass is 9.87. The van der Waals surface area contributed by atoms with Gasteiger partial charge in [0.2, 0.25) is 5.76 Å². The number of hydrogen-bond donors (Lipinski definition) is 0. The Bertz CT molecular complexity index is 753. The number of benzene rings is 1. The monoisotopic (exact) mass is 328 g/mol. The van der Waals surface area contributed by atoms with Gasteiger partial charge in [-0.05, 0) is 37.3 Å². The molecule has 0 saturated carbocycles. The lowest BCUT2D eigenvalue weighted by Gasteiger charge is -2.33. The molecule has 1 aliphatic rings. The van der Waals surface area contributed by atoms with E-state index >= 15 is 0 Å². The van der Waals surface area contributed by atoms with Crippen molar-refractivity contribution in [3.63, 3.8) is 0 Å². The Morgan fingerprint density at radius 1 is 1.38 bits per heavy atom. The molecule has 0 N–H and O–H groups in total. The van der Waals surface area contributed by atoms with Gasteiger partial charge in [-0.25, -0.2) is 4.79 Å². The molecule has 0 saturated heterocycles. The lowest BCUT2D eigenvalue weighted by Crippen LogP contribution is -2.36. The van der Waals surface area contributed by atoms with Crippen LogP contribution in [0.15, 0.2) is 35.0 Å². The fourth-order valence-corrected chi connectivity index (χ4v) is 3.09. The predicted octanol–water partition coefficient (Wildman–Crippen LogP) is 2.68. The number of likely N-dealkylation sites (N-methyl/N-ethyl adjacent to an activating group) is 1. The fraction of sp³-hybridized carbons (Fsp3) is 0.389. The van der Waals surface area contributed by atoms with E-state index in [2.05, 4.69) is 17.3 Å². The van der Waals surface area contributed by atoms with Crippen molar-refractivity contribution in [3.05, 3.63) is 52.9 Å². The van der Waals surface area contributed by atoms with Gasteiger partial charge >= 0.3 is 5.97 Å². The number of hydrogen-bond acceptors (Lipinski definition) is 5. The predicted molar refractivity (Wildman–Crippen MR) is 86.4 cm³/mol. The Kier molecular flexibility index (Phi) is 4.64. The van der Waals surface area contributed by atoms with Gasteiger partial charge in [0, 0.05) is 12.6 Å². The second-order valence-corrected chi connectivity index (χ2v) is 6.03. The number of rotatable bonds is 4. The van der Waals surface area contributed by atoms with Crippen LogP contribution in [0.2, 0.25) is 0 Å². The Morgan fingerprint density at radius 2 is 2.17 bits per heavy atom. The van der Waals surface area contributed by atoms with E-state index in [9.17, 15) is 9.59 Å². The molecule has 1 aliphatic carbocycles. The van der Waals surface area contributed by atoms with Crippen molar-refractivity contribution in [2.45, 2.75) is 32.2 Å². The first-order valence-electron chi connectivity index (χ1n) is 8.00. The zero-order chi connectivity index (χ0) is 17.1. The molecule has 1 heterocycles. The standard InChI is InChI=1S/C18H20N2O4/c1-12-10-19-24-17(12)18(22)23-11-16(21)20(2)15-9-5-7-13-6-3-4-8-14(13)15/h3-4,6,8,10,15H,5,7,9,11H2,1-2H3/t15-/m0/s1. The van der Waals surface area contributed by atoms with Crippen LogP contribution in [0.4, 0.5) is 0 Å². The molecule has 1 aromatic carbocycles. The van der Waals surface area contributed by atoms with Gasteiger partial charge in [0.1, 0.15) is 0 Å². The van der Waals surface area contributed by atoms with Crippen LogP contribution in [0.1, 0.15) is 46.1 Å². The number of ether oxygens (including phenoxy) is 1. The number of aromatic nitrogens is 1. The van der Waals surface area contributed by atoms with Crippen LogP contribution in [-0.2, 0) is 16.0 Å². The van der Waals surface area contributed by atoms with Crippen molar-refractivity contribution in [3.8, 4) is 0 Å². The average Bonchev–Trinajstić information content (AvgIpc) is 3.04. The SMILES string of the molecule is Cc1cnoc1C(=O)OCC(=O)N(C)[C@H]1CCCc2ccccc21. The van der Waals surface area contributed by atoms with E-state index < -0.39 is 5.97 Å². The quantitative estimate of drug-likeness (QED) is 0.807. The number of esters is 1. The zero-order valence-corrected chi connectivity index (χ0v) is 13.8. The summed E-state index contributed by atoms with van der Waals surface area (Å²) < 4.78 is 9.90. The molecule has 1 amide bonds. The van der Waals surface area contributed by atoms with Crippen molar-refractivity contribution in [2.75, 3.05) is 13.7 Å². The van der Waals surface area contributed by atoms with E-state index in [1.165, 1.54) is 17.3 Å². The molecule has 0 unspecified atom stereocenters. The molecule has 2 aromatic rings. The highest BCUT2D eigenvalue weighted by Gasteiger charge is 2.27. The molecule has 0 radical (unpaired) electrons. The molecule has 0 bridgehead atoms. The van der Waals surface area contributed by atoms with Crippen LogP contribution < -0.4 is 0 Å². The number of nitrogens with zero attached hydrogens (tertiary/aromatic N) is 2. The van der Waals surface area contributed by atoms with Crippen molar-refractivity contribution < 1.29 is 18.8 Å². The fourth-order valence-electron chi connectivity index (χ4n) is 3.09. The minimum absolute atomic E-state index is 0.0215. The summed E-state index contributed by atoms with van der Waals surface area (Å²) in [6.07, 6.45) is 4.42. The Balaban J connectivity index is 1.64. The summed E-state index contributed by atoms with van der Waals surface area (Å²) in [6.45, 7) is 1.38. The van der Waals surface area contributed by atoms with E-state index in [1.807, 2.05) is 12.1 Å². The topological polar surface area (TPSA) is 72.6 Å². The molecule has 1 atom stereocenters. The highest BCUT2D eigenvalue weighted by Crippen LogP contribution is 2.33. The van der Waals surface area contributed by atoms with Crippen LogP contribution in [0.3, 0.4) is 0 Å². The molecule has 24 heavy (non-hydrogen) atoms. The molecular weight excluding hydrogens is 308 g/mol. The van der Waals surface area contributed by atoms with Crippen molar-refractivity contribution in [1.29, 1.82) is 0 Å².